The Labute approximate surface area is 108 Å². The predicted molar refractivity (Wildman–Crippen MR) is 70.8 cm³/mol. The summed E-state index contributed by atoms with van der Waals surface area (Å²) in [6, 6.07) is 5.96. The van der Waals surface area contributed by atoms with Crippen LogP contribution in [0.4, 0.5) is 0 Å². The first-order valence-corrected chi connectivity index (χ1v) is 6.05. The number of carbonyl (C=O) groups is 1. The first-order valence-electron chi connectivity index (χ1n) is 6.05. The normalized spacial score (nSPS) is 12.0. The third-order valence-electron chi connectivity index (χ3n) is 2.84. The van der Waals surface area contributed by atoms with Gasteiger partial charge in [-0.2, -0.15) is 0 Å². The summed E-state index contributed by atoms with van der Waals surface area (Å²) in [4.78, 5) is 11.5. The van der Waals surface area contributed by atoms with Gasteiger partial charge >= 0.3 is 0 Å². The van der Waals surface area contributed by atoms with Gasteiger partial charge in [0.05, 0.1) is 13.2 Å². The van der Waals surface area contributed by atoms with Crippen LogP contribution in [-0.2, 0) is 9.53 Å². The summed E-state index contributed by atoms with van der Waals surface area (Å²) in [5, 5.41) is 2.94. The van der Waals surface area contributed by atoms with Gasteiger partial charge in [-0.3, -0.25) is 4.79 Å². The van der Waals surface area contributed by atoms with Crippen molar-refractivity contribution in [1.29, 1.82) is 0 Å². The van der Waals surface area contributed by atoms with Crippen LogP contribution in [0.3, 0.4) is 0 Å². The SMILES string of the molecule is CCC(NC(=O)COC)c1ccc(OC)c(C)c1. The number of aryl methyl sites for hydroxylation is 1. The molecule has 1 N–H and O–H groups in total. The number of rotatable bonds is 6. The van der Waals surface area contributed by atoms with Crippen molar-refractivity contribution >= 4 is 5.91 Å². The molecule has 0 spiro atoms. The molecule has 0 aliphatic heterocycles. The Morgan fingerprint density at radius 1 is 1.39 bits per heavy atom. The van der Waals surface area contributed by atoms with E-state index in [0.29, 0.717) is 0 Å². The highest BCUT2D eigenvalue weighted by atomic mass is 16.5. The van der Waals surface area contributed by atoms with Crippen molar-refractivity contribution in [3.05, 3.63) is 29.3 Å². The van der Waals surface area contributed by atoms with E-state index >= 15 is 0 Å². The van der Waals surface area contributed by atoms with E-state index in [1.54, 1.807) is 7.11 Å². The fraction of sp³-hybridized carbons (Fsp3) is 0.500. The number of benzene rings is 1. The van der Waals surface area contributed by atoms with E-state index in [9.17, 15) is 4.79 Å². The summed E-state index contributed by atoms with van der Waals surface area (Å²) in [5.74, 6) is 0.759. The summed E-state index contributed by atoms with van der Waals surface area (Å²) in [6.45, 7) is 4.12. The Hall–Kier alpha value is -1.55. The first-order chi connectivity index (χ1) is 8.62. The van der Waals surface area contributed by atoms with Crippen molar-refractivity contribution in [2.24, 2.45) is 0 Å². The van der Waals surface area contributed by atoms with Gasteiger partial charge in [0.1, 0.15) is 12.4 Å². The largest absolute Gasteiger partial charge is 0.496 e. The van der Waals surface area contributed by atoms with Crippen LogP contribution < -0.4 is 10.1 Å². The minimum absolute atomic E-state index is 0.0113. The topological polar surface area (TPSA) is 47.6 Å². The van der Waals surface area contributed by atoms with Crippen molar-refractivity contribution in [2.75, 3.05) is 20.8 Å². The minimum Gasteiger partial charge on any atom is -0.496 e. The van der Waals surface area contributed by atoms with E-state index in [4.69, 9.17) is 9.47 Å². The van der Waals surface area contributed by atoms with E-state index in [2.05, 4.69) is 5.32 Å². The maximum Gasteiger partial charge on any atom is 0.246 e. The lowest BCUT2D eigenvalue weighted by atomic mass is 10.0. The van der Waals surface area contributed by atoms with E-state index in [1.807, 2.05) is 32.0 Å². The number of methoxy groups -OCH3 is 2. The van der Waals surface area contributed by atoms with Crippen molar-refractivity contribution in [3.8, 4) is 5.75 Å². The molecule has 0 saturated heterocycles. The first kappa shape index (κ1) is 14.5. The smallest absolute Gasteiger partial charge is 0.246 e. The fourth-order valence-corrected chi connectivity index (χ4v) is 1.91. The zero-order valence-corrected chi connectivity index (χ0v) is 11.4. The average molecular weight is 251 g/mol. The van der Waals surface area contributed by atoms with Gasteiger partial charge in [-0.1, -0.05) is 19.1 Å². The second-order valence-electron chi connectivity index (χ2n) is 4.19. The molecule has 0 fully saturated rings. The molecule has 0 bridgehead atoms. The molecule has 0 aliphatic rings. The number of nitrogens with one attached hydrogen (secondary N) is 1. The molecular weight excluding hydrogens is 230 g/mol. The third kappa shape index (κ3) is 3.74. The van der Waals surface area contributed by atoms with Crippen molar-refractivity contribution in [2.45, 2.75) is 26.3 Å². The van der Waals surface area contributed by atoms with Crippen LogP contribution in [0.2, 0.25) is 0 Å². The Balaban J connectivity index is 2.82. The van der Waals surface area contributed by atoms with Crippen LogP contribution in [0.1, 0.15) is 30.5 Å². The van der Waals surface area contributed by atoms with Gasteiger partial charge in [-0.05, 0) is 30.5 Å². The molecule has 1 amide bonds. The molecule has 18 heavy (non-hydrogen) atoms. The van der Waals surface area contributed by atoms with Crippen molar-refractivity contribution in [1.82, 2.24) is 5.32 Å². The molecule has 1 unspecified atom stereocenters. The van der Waals surface area contributed by atoms with Gasteiger partial charge in [0.15, 0.2) is 0 Å². The molecule has 4 nitrogen and oxygen atoms in total. The van der Waals surface area contributed by atoms with Crippen LogP contribution in [0.25, 0.3) is 0 Å². The van der Waals surface area contributed by atoms with Crippen LogP contribution in [0.5, 0.6) is 5.75 Å². The summed E-state index contributed by atoms with van der Waals surface area (Å²) >= 11 is 0. The third-order valence-corrected chi connectivity index (χ3v) is 2.84. The lowest BCUT2D eigenvalue weighted by molar-refractivity contribution is -0.125. The Bertz CT molecular complexity index is 404. The second-order valence-corrected chi connectivity index (χ2v) is 4.19. The highest BCUT2D eigenvalue weighted by Crippen LogP contribution is 2.24. The molecule has 0 aromatic heterocycles. The number of carbonyl (C=O) groups excluding carboxylic acids is 1. The second kappa shape index (κ2) is 7.01. The van der Waals surface area contributed by atoms with Gasteiger partial charge in [-0.15, -0.1) is 0 Å². The van der Waals surface area contributed by atoms with Crippen LogP contribution in [0.15, 0.2) is 18.2 Å². The minimum atomic E-state index is -0.0992. The lowest BCUT2D eigenvalue weighted by Crippen LogP contribution is -2.31. The maximum absolute atomic E-state index is 11.5. The predicted octanol–water partition coefficient (Wildman–Crippen LogP) is 2.22. The summed E-state index contributed by atoms with van der Waals surface area (Å²) in [7, 11) is 3.16. The number of amides is 1. The van der Waals surface area contributed by atoms with Crippen molar-refractivity contribution < 1.29 is 14.3 Å². The van der Waals surface area contributed by atoms with E-state index in [0.717, 1.165) is 23.3 Å². The Kier molecular flexibility index (Phi) is 5.65. The zero-order chi connectivity index (χ0) is 13.5. The molecule has 4 heteroatoms. The van der Waals surface area contributed by atoms with Crippen LogP contribution in [0, 0.1) is 6.92 Å². The fourth-order valence-electron chi connectivity index (χ4n) is 1.91. The molecule has 1 rings (SSSR count). The van der Waals surface area contributed by atoms with E-state index in [-0.39, 0.29) is 18.6 Å². The standard InChI is InChI=1S/C14H21NO3/c1-5-12(15-14(16)9-17-3)11-6-7-13(18-4)10(2)8-11/h6-8,12H,5,9H2,1-4H3,(H,15,16). The molecule has 1 atom stereocenters. The average Bonchev–Trinajstić information content (AvgIpc) is 2.36. The molecule has 0 saturated carbocycles. The Morgan fingerprint density at radius 2 is 2.11 bits per heavy atom. The molecule has 0 aliphatic carbocycles. The zero-order valence-electron chi connectivity index (χ0n) is 11.4. The highest BCUT2D eigenvalue weighted by Gasteiger charge is 2.13. The quantitative estimate of drug-likeness (QED) is 0.843. The number of hydrogen-bond acceptors (Lipinski definition) is 3. The van der Waals surface area contributed by atoms with Crippen LogP contribution >= 0.6 is 0 Å². The molecule has 100 valence electrons. The lowest BCUT2D eigenvalue weighted by Gasteiger charge is -2.18. The van der Waals surface area contributed by atoms with E-state index in [1.165, 1.54) is 7.11 Å². The van der Waals surface area contributed by atoms with Crippen LogP contribution in [-0.4, -0.2) is 26.7 Å². The monoisotopic (exact) mass is 251 g/mol. The van der Waals surface area contributed by atoms with Gasteiger partial charge in [0.25, 0.3) is 0 Å². The van der Waals surface area contributed by atoms with Gasteiger partial charge in [0, 0.05) is 7.11 Å². The van der Waals surface area contributed by atoms with Gasteiger partial charge in [0.2, 0.25) is 5.91 Å². The summed E-state index contributed by atoms with van der Waals surface area (Å²) in [6.07, 6.45) is 0.835. The molecule has 1 aromatic rings. The summed E-state index contributed by atoms with van der Waals surface area (Å²) < 4.78 is 10.0. The Morgan fingerprint density at radius 3 is 2.61 bits per heavy atom. The van der Waals surface area contributed by atoms with Gasteiger partial charge in [-0.25, -0.2) is 0 Å². The molecule has 1 aromatic carbocycles. The number of ether oxygens (including phenoxy) is 2. The molecular formula is C14H21NO3. The number of hydrogen-bond donors (Lipinski definition) is 1. The molecule has 0 heterocycles. The summed E-state index contributed by atoms with van der Waals surface area (Å²) in [5.41, 5.74) is 2.15. The highest BCUT2D eigenvalue weighted by molar-refractivity contribution is 5.77. The molecule has 0 radical (unpaired) electrons. The van der Waals surface area contributed by atoms with Crippen molar-refractivity contribution in [3.63, 3.8) is 0 Å². The van der Waals surface area contributed by atoms with Gasteiger partial charge < -0.3 is 14.8 Å². The maximum atomic E-state index is 11.5. The van der Waals surface area contributed by atoms with E-state index < -0.39 is 0 Å².